The van der Waals surface area contributed by atoms with Crippen LogP contribution in [0.1, 0.15) is 55.5 Å². The molecule has 0 saturated carbocycles. The normalized spacial score (nSPS) is 9.84. The van der Waals surface area contributed by atoms with Gasteiger partial charge in [0.2, 0.25) is 0 Å². The zero-order valence-electron chi connectivity index (χ0n) is 25.6. The summed E-state index contributed by atoms with van der Waals surface area (Å²) in [5.74, 6) is 6.82. The minimum atomic E-state index is 0.124. The fraction of sp³-hybridized carbons (Fsp3) is 0.243. The molecule has 0 spiro atoms. The highest BCUT2D eigenvalue weighted by molar-refractivity contribution is 5.53. The van der Waals surface area contributed by atoms with Crippen molar-refractivity contribution in [2.45, 2.75) is 47.5 Å². The summed E-state index contributed by atoms with van der Waals surface area (Å²) < 4.78 is 0. The summed E-state index contributed by atoms with van der Waals surface area (Å²) in [7, 11) is 0. The molecule has 0 bridgehead atoms. The van der Waals surface area contributed by atoms with Gasteiger partial charge >= 0.3 is 0 Å². The Labute approximate surface area is 256 Å². The van der Waals surface area contributed by atoms with Gasteiger partial charge in [0.05, 0.1) is 5.69 Å². The maximum absolute atomic E-state index is 9.86. The van der Waals surface area contributed by atoms with Crippen molar-refractivity contribution in [3.63, 3.8) is 0 Å². The maximum Gasteiger partial charge on any atom is 0.143 e. The topological polar surface area (TPSA) is 113 Å². The number of nitrogens with zero attached hydrogens (tertiary/aromatic N) is 4. The molecule has 4 rings (SSSR count). The standard InChI is InChI=1S/C18H18N2O.C10H14O.C9H8.N2/c1-4-14-6-5-7-16(11-14)19-20-17-12-15(10-13(2)3)8-9-18(17)21;1-8(2)7-9-3-5-10(11)6-4-9;1-3-9-6-4-5-8(2)7-9;1-2/h1,5-9,11-13,21H,10H2,2-3H3;3-6,8,11H,7H2,1-2H3;1,4-7H,2H3;. The first-order chi connectivity index (χ1) is 20.6. The smallest absolute Gasteiger partial charge is 0.143 e. The lowest BCUT2D eigenvalue weighted by molar-refractivity contribution is 0.474. The highest BCUT2D eigenvalue weighted by Gasteiger charge is 2.04. The summed E-state index contributed by atoms with van der Waals surface area (Å²) in [5, 5.41) is 39.1. The second-order valence-electron chi connectivity index (χ2n) is 10.6. The van der Waals surface area contributed by atoms with Gasteiger partial charge in [-0.25, -0.2) is 0 Å². The first-order valence-corrected chi connectivity index (χ1v) is 13.9. The molecule has 0 aromatic heterocycles. The Morgan fingerprint density at radius 1 is 0.674 bits per heavy atom. The van der Waals surface area contributed by atoms with E-state index in [9.17, 15) is 5.11 Å². The predicted molar refractivity (Wildman–Crippen MR) is 174 cm³/mol. The number of aryl methyl sites for hydroxylation is 1. The second kappa shape index (κ2) is 19.7. The highest BCUT2D eigenvalue weighted by Crippen LogP contribution is 2.30. The summed E-state index contributed by atoms with van der Waals surface area (Å²) >= 11 is 0. The molecule has 0 atom stereocenters. The van der Waals surface area contributed by atoms with E-state index in [2.05, 4.69) is 49.8 Å². The number of phenolic OH excluding ortho intramolecular Hbond substituents is 2. The number of aromatic hydroxyl groups is 2. The number of hydrogen-bond acceptors (Lipinski definition) is 6. The van der Waals surface area contributed by atoms with E-state index in [1.807, 2.05) is 73.7 Å². The molecule has 0 aliphatic heterocycles. The Bertz CT molecular complexity index is 1540. The molecule has 2 N–H and O–H groups in total. The van der Waals surface area contributed by atoms with E-state index in [4.69, 9.17) is 28.7 Å². The van der Waals surface area contributed by atoms with Crippen molar-refractivity contribution in [2.75, 3.05) is 0 Å². The highest BCUT2D eigenvalue weighted by atomic mass is 16.3. The van der Waals surface area contributed by atoms with Crippen LogP contribution in [0.3, 0.4) is 0 Å². The van der Waals surface area contributed by atoms with Crippen LogP contribution in [0, 0.1) is 54.2 Å². The zero-order chi connectivity index (χ0) is 32.2. The SMILES string of the molecule is C#Cc1cccc(C)c1.C#Cc1cccc(N=Nc2cc(CC(C)C)ccc2O)c1.CC(C)Cc1ccc(O)cc1.N#N. The van der Waals surface area contributed by atoms with E-state index in [1.54, 1.807) is 24.3 Å². The first-order valence-electron chi connectivity index (χ1n) is 13.9. The molecule has 0 aliphatic carbocycles. The Morgan fingerprint density at radius 2 is 1.21 bits per heavy atom. The Kier molecular flexibility index (Phi) is 16.3. The van der Waals surface area contributed by atoms with Crippen molar-refractivity contribution in [1.29, 1.82) is 10.8 Å². The largest absolute Gasteiger partial charge is 0.508 e. The van der Waals surface area contributed by atoms with Crippen LogP contribution in [-0.2, 0) is 12.8 Å². The minimum Gasteiger partial charge on any atom is -0.508 e. The summed E-state index contributed by atoms with van der Waals surface area (Å²) in [6.07, 6.45) is 12.5. The maximum atomic E-state index is 9.86. The fourth-order valence-electron chi connectivity index (χ4n) is 3.86. The van der Waals surface area contributed by atoms with E-state index in [0.29, 0.717) is 29.0 Å². The Hall–Kier alpha value is -5.38. The van der Waals surface area contributed by atoms with Gasteiger partial charge in [-0.2, -0.15) is 5.11 Å². The van der Waals surface area contributed by atoms with Gasteiger partial charge in [-0.15, -0.1) is 18.0 Å². The van der Waals surface area contributed by atoms with Gasteiger partial charge in [0.1, 0.15) is 17.2 Å². The van der Waals surface area contributed by atoms with Crippen LogP contribution >= 0.6 is 0 Å². The molecular formula is C37H40N4O2. The molecule has 220 valence electrons. The molecule has 6 nitrogen and oxygen atoms in total. The summed E-state index contributed by atoms with van der Waals surface area (Å²) in [6, 6.07) is 28.0. The summed E-state index contributed by atoms with van der Waals surface area (Å²) in [5.41, 5.74) is 6.48. The number of azo groups is 1. The van der Waals surface area contributed by atoms with Crippen molar-refractivity contribution in [3.8, 4) is 36.2 Å². The monoisotopic (exact) mass is 572 g/mol. The third kappa shape index (κ3) is 14.7. The van der Waals surface area contributed by atoms with Crippen molar-refractivity contribution in [3.05, 3.63) is 119 Å². The lowest BCUT2D eigenvalue weighted by Crippen LogP contribution is -1.93. The van der Waals surface area contributed by atoms with Crippen LogP contribution in [0.15, 0.2) is 101 Å². The second-order valence-corrected chi connectivity index (χ2v) is 10.6. The molecule has 0 amide bonds. The number of benzene rings is 4. The van der Waals surface area contributed by atoms with Crippen LogP contribution in [0.4, 0.5) is 11.4 Å². The first kappa shape index (κ1) is 35.6. The molecule has 0 heterocycles. The van der Waals surface area contributed by atoms with Crippen molar-refractivity contribution < 1.29 is 10.2 Å². The molecule has 0 radical (unpaired) electrons. The quantitative estimate of drug-likeness (QED) is 0.136. The molecule has 4 aromatic rings. The van der Waals surface area contributed by atoms with Crippen molar-refractivity contribution in [2.24, 2.45) is 22.1 Å². The molecule has 43 heavy (non-hydrogen) atoms. The fourth-order valence-corrected chi connectivity index (χ4v) is 3.86. The van der Waals surface area contributed by atoms with E-state index >= 15 is 0 Å². The van der Waals surface area contributed by atoms with Crippen LogP contribution in [0.5, 0.6) is 11.5 Å². The molecule has 0 aliphatic rings. The van der Waals surface area contributed by atoms with E-state index in [-0.39, 0.29) is 5.75 Å². The molecule has 0 fully saturated rings. The molecule has 0 unspecified atom stereocenters. The van der Waals surface area contributed by atoms with Crippen LogP contribution in [0.2, 0.25) is 0 Å². The Morgan fingerprint density at radius 3 is 1.74 bits per heavy atom. The lowest BCUT2D eigenvalue weighted by Gasteiger charge is -2.06. The third-order valence-corrected chi connectivity index (χ3v) is 5.73. The van der Waals surface area contributed by atoms with Crippen molar-refractivity contribution in [1.82, 2.24) is 0 Å². The van der Waals surface area contributed by atoms with Gasteiger partial charge in [0, 0.05) is 21.9 Å². The van der Waals surface area contributed by atoms with Gasteiger partial charge in [-0.05, 0) is 103 Å². The van der Waals surface area contributed by atoms with Gasteiger partial charge in [0.25, 0.3) is 0 Å². The average molecular weight is 573 g/mol. The molecule has 4 aromatic carbocycles. The number of rotatable bonds is 6. The van der Waals surface area contributed by atoms with Gasteiger partial charge < -0.3 is 10.2 Å². The van der Waals surface area contributed by atoms with Crippen LogP contribution < -0.4 is 0 Å². The predicted octanol–water partition coefficient (Wildman–Crippen LogP) is 9.58. The van der Waals surface area contributed by atoms with E-state index in [1.165, 1.54) is 11.1 Å². The molecular weight excluding hydrogens is 532 g/mol. The number of hydrogen-bond donors (Lipinski definition) is 2. The lowest BCUT2D eigenvalue weighted by atomic mass is 10.0. The third-order valence-electron chi connectivity index (χ3n) is 5.73. The van der Waals surface area contributed by atoms with Gasteiger partial charge in [-0.3, -0.25) is 0 Å². The summed E-state index contributed by atoms with van der Waals surface area (Å²) in [6.45, 7) is 10.7. The van der Waals surface area contributed by atoms with E-state index < -0.39 is 0 Å². The minimum absolute atomic E-state index is 0.124. The number of phenols is 2. The Balaban J connectivity index is 0.000000351. The van der Waals surface area contributed by atoms with Crippen molar-refractivity contribution >= 4 is 11.4 Å². The van der Waals surface area contributed by atoms with E-state index in [0.717, 1.165) is 29.5 Å². The summed E-state index contributed by atoms with van der Waals surface area (Å²) in [4.78, 5) is 0. The van der Waals surface area contributed by atoms with Gasteiger partial charge in [-0.1, -0.05) is 75.9 Å². The van der Waals surface area contributed by atoms with Crippen LogP contribution in [-0.4, -0.2) is 10.2 Å². The number of terminal acetylenes is 2. The average Bonchev–Trinajstić information content (AvgIpc) is 3.00. The molecule has 0 saturated heterocycles. The zero-order valence-corrected chi connectivity index (χ0v) is 25.6. The van der Waals surface area contributed by atoms with Gasteiger partial charge in [0.15, 0.2) is 0 Å². The van der Waals surface area contributed by atoms with Crippen LogP contribution in [0.25, 0.3) is 0 Å². The molecule has 6 heteroatoms.